The molecule has 4 heterocycles. The molecule has 0 spiro atoms. The van der Waals surface area contributed by atoms with Gasteiger partial charge in [0.15, 0.2) is 0 Å². The van der Waals surface area contributed by atoms with Crippen molar-refractivity contribution in [3.8, 4) is 0 Å². The van der Waals surface area contributed by atoms with Crippen molar-refractivity contribution in [3.05, 3.63) is 36.3 Å². The Kier molecular flexibility index (Phi) is 5.88. The van der Waals surface area contributed by atoms with Crippen LogP contribution in [0.2, 0.25) is 0 Å². The maximum atomic E-state index is 12.9. The fourth-order valence-corrected chi connectivity index (χ4v) is 4.81. The standard InChI is InChI=1S/C24H32N8O/c1-29(2)23(33)20-14-17-15-26-24(28-22(17)32(20)19-6-4-5-7-19)27-18-8-9-21(25-16-18)31-12-10-30(3)11-13-31/h8-9,14-16,19H,4-7,10-13H2,1-3H3,(H,26,27,28). The van der Waals surface area contributed by atoms with Crippen LogP contribution in [0.4, 0.5) is 17.5 Å². The molecule has 1 aliphatic heterocycles. The van der Waals surface area contributed by atoms with Gasteiger partial charge in [0.25, 0.3) is 5.91 Å². The van der Waals surface area contributed by atoms with E-state index in [1.165, 1.54) is 12.8 Å². The minimum atomic E-state index is -0.00176. The molecule has 1 saturated carbocycles. The number of hydrogen-bond acceptors (Lipinski definition) is 7. The fourth-order valence-electron chi connectivity index (χ4n) is 4.81. The largest absolute Gasteiger partial charge is 0.354 e. The average Bonchev–Trinajstić information content (AvgIpc) is 3.47. The van der Waals surface area contributed by atoms with E-state index in [4.69, 9.17) is 4.98 Å². The molecule has 1 amide bonds. The van der Waals surface area contributed by atoms with Crippen molar-refractivity contribution in [2.24, 2.45) is 0 Å². The van der Waals surface area contributed by atoms with E-state index in [1.54, 1.807) is 25.2 Å². The molecule has 9 heteroatoms. The molecule has 1 saturated heterocycles. The molecule has 9 nitrogen and oxygen atoms in total. The molecule has 0 aromatic carbocycles. The lowest BCUT2D eigenvalue weighted by atomic mass is 10.2. The molecule has 2 fully saturated rings. The third-order valence-corrected chi connectivity index (χ3v) is 6.72. The predicted molar refractivity (Wildman–Crippen MR) is 130 cm³/mol. The van der Waals surface area contributed by atoms with Crippen LogP contribution in [0, 0.1) is 0 Å². The smallest absolute Gasteiger partial charge is 0.270 e. The van der Waals surface area contributed by atoms with E-state index in [1.807, 2.05) is 24.4 Å². The van der Waals surface area contributed by atoms with Crippen molar-refractivity contribution in [1.82, 2.24) is 29.3 Å². The summed E-state index contributed by atoms with van der Waals surface area (Å²) < 4.78 is 2.13. The minimum absolute atomic E-state index is 0.00176. The van der Waals surface area contributed by atoms with Gasteiger partial charge in [-0.1, -0.05) is 12.8 Å². The van der Waals surface area contributed by atoms with Gasteiger partial charge in [0.2, 0.25) is 5.95 Å². The number of amides is 1. The number of aromatic nitrogens is 4. The van der Waals surface area contributed by atoms with Gasteiger partial charge >= 0.3 is 0 Å². The van der Waals surface area contributed by atoms with E-state index in [0.717, 1.165) is 61.6 Å². The first kappa shape index (κ1) is 21.6. The zero-order valence-corrected chi connectivity index (χ0v) is 19.7. The second kappa shape index (κ2) is 8.97. The van der Waals surface area contributed by atoms with Gasteiger partial charge in [-0.3, -0.25) is 4.79 Å². The summed E-state index contributed by atoms with van der Waals surface area (Å²) in [6.07, 6.45) is 8.14. The van der Waals surface area contributed by atoms with E-state index in [0.29, 0.717) is 17.7 Å². The summed E-state index contributed by atoms with van der Waals surface area (Å²) in [4.78, 5) is 33.1. The molecule has 5 rings (SSSR count). The molecular formula is C24H32N8O. The number of carbonyl (C=O) groups is 1. The highest BCUT2D eigenvalue weighted by atomic mass is 16.2. The fraction of sp³-hybridized carbons (Fsp3) is 0.500. The lowest BCUT2D eigenvalue weighted by molar-refractivity contribution is 0.0815. The number of hydrogen-bond donors (Lipinski definition) is 1. The average molecular weight is 449 g/mol. The summed E-state index contributed by atoms with van der Waals surface area (Å²) in [6.45, 7) is 4.08. The van der Waals surface area contributed by atoms with Crippen molar-refractivity contribution in [1.29, 1.82) is 0 Å². The Bertz CT molecular complexity index is 1130. The summed E-state index contributed by atoms with van der Waals surface area (Å²) in [6, 6.07) is 6.28. The molecule has 0 radical (unpaired) electrons. The predicted octanol–water partition coefficient (Wildman–Crippen LogP) is 3.14. The zero-order valence-electron chi connectivity index (χ0n) is 19.7. The van der Waals surface area contributed by atoms with E-state index in [-0.39, 0.29) is 5.91 Å². The van der Waals surface area contributed by atoms with E-state index in [2.05, 4.69) is 36.7 Å². The van der Waals surface area contributed by atoms with E-state index in [9.17, 15) is 4.79 Å². The first-order valence-corrected chi connectivity index (χ1v) is 11.8. The van der Waals surface area contributed by atoms with Gasteiger partial charge < -0.3 is 24.6 Å². The van der Waals surface area contributed by atoms with E-state index < -0.39 is 0 Å². The Morgan fingerprint density at radius 2 is 1.82 bits per heavy atom. The SMILES string of the molecule is CN1CCN(c2ccc(Nc3ncc4cc(C(=O)N(C)C)n(C5CCCC5)c4n3)cn2)CC1. The van der Waals surface area contributed by atoms with Crippen LogP contribution in [-0.4, -0.2) is 82.5 Å². The van der Waals surface area contributed by atoms with Crippen LogP contribution in [0.5, 0.6) is 0 Å². The second-order valence-corrected chi connectivity index (χ2v) is 9.33. The van der Waals surface area contributed by atoms with Crippen LogP contribution in [0.15, 0.2) is 30.6 Å². The lowest BCUT2D eigenvalue weighted by Gasteiger charge is -2.33. The van der Waals surface area contributed by atoms with Crippen LogP contribution in [0.1, 0.15) is 42.2 Å². The summed E-state index contributed by atoms with van der Waals surface area (Å²) in [7, 11) is 5.73. The van der Waals surface area contributed by atoms with Crippen LogP contribution in [-0.2, 0) is 0 Å². The summed E-state index contributed by atoms with van der Waals surface area (Å²) in [5.41, 5.74) is 2.34. The van der Waals surface area contributed by atoms with Crippen molar-refractivity contribution >= 4 is 34.4 Å². The number of rotatable bonds is 5. The molecule has 3 aromatic heterocycles. The number of nitrogens with zero attached hydrogens (tertiary/aromatic N) is 7. The number of carbonyl (C=O) groups excluding carboxylic acids is 1. The van der Waals surface area contributed by atoms with Crippen LogP contribution in [0.25, 0.3) is 11.0 Å². The molecule has 0 unspecified atom stereocenters. The Hall–Kier alpha value is -3.20. The third kappa shape index (κ3) is 4.37. The van der Waals surface area contributed by atoms with Gasteiger partial charge in [-0.25, -0.2) is 9.97 Å². The molecular weight excluding hydrogens is 416 g/mol. The lowest BCUT2D eigenvalue weighted by Crippen LogP contribution is -2.44. The minimum Gasteiger partial charge on any atom is -0.354 e. The number of fused-ring (bicyclic) bond motifs is 1. The highest BCUT2D eigenvalue weighted by Gasteiger charge is 2.26. The normalized spacial score (nSPS) is 17.6. The molecule has 1 aliphatic carbocycles. The van der Waals surface area contributed by atoms with Crippen molar-refractivity contribution in [2.75, 3.05) is 57.5 Å². The first-order valence-electron chi connectivity index (χ1n) is 11.8. The number of pyridine rings is 1. The van der Waals surface area contributed by atoms with Gasteiger partial charge in [0.05, 0.1) is 11.9 Å². The van der Waals surface area contributed by atoms with Gasteiger partial charge in [0.1, 0.15) is 17.2 Å². The molecule has 1 N–H and O–H groups in total. The number of nitrogens with one attached hydrogen (secondary N) is 1. The molecule has 33 heavy (non-hydrogen) atoms. The highest BCUT2D eigenvalue weighted by molar-refractivity contribution is 5.97. The Morgan fingerprint density at radius 3 is 2.48 bits per heavy atom. The summed E-state index contributed by atoms with van der Waals surface area (Å²) >= 11 is 0. The topological polar surface area (TPSA) is 82.4 Å². The van der Waals surface area contributed by atoms with E-state index >= 15 is 0 Å². The van der Waals surface area contributed by atoms with Crippen LogP contribution < -0.4 is 10.2 Å². The number of piperazine rings is 1. The summed E-state index contributed by atoms with van der Waals surface area (Å²) in [5, 5.41) is 4.18. The van der Waals surface area contributed by atoms with Crippen LogP contribution in [0.3, 0.4) is 0 Å². The maximum Gasteiger partial charge on any atom is 0.270 e. The Labute approximate surface area is 194 Å². The molecule has 0 atom stereocenters. The molecule has 0 bridgehead atoms. The molecule has 174 valence electrons. The van der Waals surface area contributed by atoms with Crippen molar-refractivity contribution in [3.63, 3.8) is 0 Å². The number of anilines is 3. The van der Waals surface area contributed by atoms with Crippen molar-refractivity contribution < 1.29 is 4.79 Å². The van der Waals surface area contributed by atoms with Gasteiger partial charge in [-0.05, 0) is 38.1 Å². The molecule has 2 aliphatic rings. The quantitative estimate of drug-likeness (QED) is 0.642. The zero-order chi connectivity index (χ0) is 22.9. The van der Waals surface area contributed by atoms with Gasteiger partial charge in [-0.2, -0.15) is 4.98 Å². The summed E-state index contributed by atoms with van der Waals surface area (Å²) in [5.74, 6) is 1.50. The second-order valence-electron chi connectivity index (χ2n) is 9.33. The van der Waals surface area contributed by atoms with Crippen molar-refractivity contribution in [2.45, 2.75) is 31.7 Å². The Morgan fingerprint density at radius 1 is 1.06 bits per heavy atom. The maximum absolute atomic E-state index is 12.9. The third-order valence-electron chi connectivity index (χ3n) is 6.72. The van der Waals surface area contributed by atoms with Gasteiger partial charge in [-0.15, -0.1) is 0 Å². The van der Waals surface area contributed by atoms with Crippen LogP contribution >= 0.6 is 0 Å². The first-order chi connectivity index (χ1) is 16.0. The number of likely N-dealkylation sites (N-methyl/N-ethyl adjacent to an activating group) is 1. The van der Waals surface area contributed by atoms with Gasteiger partial charge in [0, 0.05) is 57.9 Å². The highest BCUT2D eigenvalue weighted by Crippen LogP contribution is 2.35. The molecule has 3 aromatic rings. The monoisotopic (exact) mass is 448 g/mol. The Balaban J connectivity index is 1.41.